The van der Waals surface area contributed by atoms with Gasteiger partial charge in [-0.1, -0.05) is 19.1 Å². The van der Waals surface area contributed by atoms with Crippen molar-refractivity contribution in [1.82, 2.24) is 30.1 Å². The summed E-state index contributed by atoms with van der Waals surface area (Å²) >= 11 is 0. The molecule has 1 fully saturated rings. The second-order valence-electron chi connectivity index (χ2n) is 8.69. The van der Waals surface area contributed by atoms with Gasteiger partial charge in [-0.05, 0) is 67.1 Å². The largest absolute Gasteiger partial charge is 0.379 e. The Bertz CT molecular complexity index is 1110. The molecule has 160 valence electrons. The first-order chi connectivity index (χ1) is 14.3. The zero-order valence-electron chi connectivity index (χ0n) is 18.4. The van der Waals surface area contributed by atoms with Crippen LogP contribution in [0.1, 0.15) is 55.7 Å². The van der Waals surface area contributed by atoms with Crippen molar-refractivity contribution < 1.29 is 4.74 Å². The molecular weight excluding hydrogens is 380 g/mol. The van der Waals surface area contributed by atoms with E-state index in [4.69, 9.17) is 4.74 Å². The van der Waals surface area contributed by atoms with Gasteiger partial charge in [0.2, 0.25) is 0 Å². The zero-order chi connectivity index (χ0) is 21.5. The van der Waals surface area contributed by atoms with Crippen molar-refractivity contribution in [3.05, 3.63) is 51.1 Å². The Morgan fingerprint density at radius 1 is 1.23 bits per heavy atom. The van der Waals surface area contributed by atoms with Crippen LogP contribution in [0.15, 0.2) is 23.0 Å². The van der Waals surface area contributed by atoms with Crippen LogP contribution in [-0.2, 0) is 10.3 Å². The van der Waals surface area contributed by atoms with Gasteiger partial charge in [-0.3, -0.25) is 9.69 Å². The van der Waals surface area contributed by atoms with Crippen molar-refractivity contribution in [2.45, 2.75) is 52.6 Å². The molecule has 0 amide bonds. The molecule has 8 heteroatoms. The Hall–Kier alpha value is -2.58. The average molecular weight is 411 g/mol. The minimum atomic E-state index is -0.343. The average Bonchev–Trinajstić information content (AvgIpc) is 3.23. The number of fused-ring (bicyclic) bond motifs is 1. The second kappa shape index (κ2) is 7.92. The van der Waals surface area contributed by atoms with Crippen molar-refractivity contribution in [1.29, 1.82) is 0 Å². The number of hydrogen-bond donors (Lipinski definition) is 1. The number of aryl methyl sites for hydroxylation is 2. The van der Waals surface area contributed by atoms with Gasteiger partial charge in [-0.15, -0.1) is 5.10 Å². The van der Waals surface area contributed by atoms with Crippen LogP contribution < -0.4 is 5.56 Å². The van der Waals surface area contributed by atoms with Gasteiger partial charge in [-0.2, -0.15) is 0 Å². The molecule has 0 radical (unpaired) electrons. The van der Waals surface area contributed by atoms with Gasteiger partial charge in [0.25, 0.3) is 5.56 Å². The minimum Gasteiger partial charge on any atom is -0.379 e. The molecule has 2 aromatic heterocycles. The number of nitrogens with one attached hydrogen (secondary N) is 1. The van der Waals surface area contributed by atoms with Crippen LogP contribution in [0.4, 0.5) is 0 Å². The smallest absolute Gasteiger partial charge is 0.253 e. The Balaban J connectivity index is 1.92. The third-order valence-corrected chi connectivity index (χ3v) is 6.46. The normalized spacial score (nSPS) is 16.8. The molecular formula is C22H30N6O2. The Morgan fingerprint density at radius 2 is 1.97 bits per heavy atom. The van der Waals surface area contributed by atoms with Crippen LogP contribution in [0.3, 0.4) is 0 Å². The molecule has 3 aromatic rings. The number of hydrogen-bond acceptors (Lipinski definition) is 6. The van der Waals surface area contributed by atoms with E-state index in [1.54, 1.807) is 0 Å². The Kier molecular flexibility index (Phi) is 5.46. The molecule has 1 aliphatic rings. The molecule has 0 aliphatic carbocycles. The highest BCUT2D eigenvalue weighted by molar-refractivity contribution is 5.83. The lowest BCUT2D eigenvalue weighted by atomic mass is 9.98. The molecule has 1 unspecified atom stereocenters. The lowest BCUT2D eigenvalue weighted by Gasteiger charge is -2.35. The monoisotopic (exact) mass is 410 g/mol. The summed E-state index contributed by atoms with van der Waals surface area (Å²) in [6, 6.07) is 5.81. The predicted octanol–water partition coefficient (Wildman–Crippen LogP) is 2.70. The van der Waals surface area contributed by atoms with E-state index in [9.17, 15) is 4.79 Å². The standard InChI is InChI=1S/C22H30N6O2/c1-6-22(4,5)28-20(24-25-26-28)19(27-9-11-30-12-10-27)17-13-16-8-7-14(2)15(3)18(16)23-21(17)29/h7-8,13,19H,6,9-12H2,1-5H3,(H,23,29). The molecule has 1 aromatic carbocycles. The van der Waals surface area contributed by atoms with Gasteiger partial charge in [0.05, 0.1) is 24.3 Å². The zero-order valence-corrected chi connectivity index (χ0v) is 18.4. The molecule has 8 nitrogen and oxygen atoms in total. The number of rotatable bonds is 5. The molecule has 0 saturated carbocycles. The van der Waals surface area contributed by atoms with Gasteiger partial charge in [0, 0.05) is 18.7 Å². The highest BCUT2D eigenvalue weighted by Gasteiger charge is 2.34. The SMILES string of the molecule is CCC(C)(C)n1nnnc1C(c1cc2ccc(C)c(C)c2[nH]c1=O)N1CCOCC1. The number of aromatic amines is 1. The molecule has 4 rings (SSSR count). The fraction of sp³-hybridized carbons (Fsp3) is 0.545. The topological polar surface area (TPSA) is 88.9 Å². The Labute approximate surface area is 176 Å². The number of benzene rings is 1. The van der Waals surface area contributed by atoms with Gasteiger partial charge >= 0.3 is 0 Å². The maximum absolute atomic E-state index is 13.3. The molecule has 1 atom stereocenters. The van der Waals surface area contributed by atoms with Crippen molar-refractivity contribution in [3.8, 4) is 0 Å². The van der Waals surface area contributed by atoms with E-state index in [1.165, 1.54) is 0 Å². The highest BCUT2D eigenvalue weighted by atomic mass is 16.5. The predicted molar refractivity (Wildman–Crippen MR) is 116 cm³/mol. The van der Waals surface area contributed by atoms with E-state index in [-0.39, 0.29) is 17.1 Å². The number of pyridine rings is 1. The van der Waals surface area contributed by atoms with Crippen LogP contribution in [0, 0.1) is 13.8 Å². The van der Waals surface area contributed by atoms with Crippen LogP contribution in [0.2, 0.25) is 0 Å². The fourth-order valence-electron chi connectivity index (χ4n) is 4.03. The summed E-state index contributed by atoms with van der Waals surface area (Å²) in [4.78, 5) is 18.7. The minimum absolute atomic E-state index is 0.100. The summed E-state index contributed by atoms with van der Waals surface area (Å²) in [5, 5.41) is 13.7. The summed E-state index contributed by atoms with van der Waals surface area (Å²) in [6.45, 7) is 13.1. The second-order valence-corrected chi connectivity index (χ2v) is 8.69. The molecule has 3 heterocycles. The van der Waals surface area contributed by atoms with E-state index >= 15 is 0 Å². The summed E-state index contributed by atoms with van der Waals surface area (Å²) < 4.78 is 7.44. The maximum atomic E-state index is 13.3. The number of H-pyrrole nitrogens is 1. The van der Waals surface area contributed by atoms with E-state index < -0.39 is 0 Å². The molecule has 1 aliphatic heterocycles. The van der Waals surface area contributed by atoms with Gasteiger partial charge in [0.1, 0.15) is 6.04 Å². The van der Waals surface area contributed by atoms with Crippen molar-refractivity contribution in [2.75, 3.05) is 26.3 Å². The number of nitrogens with zero attached hydrogens (tertiary/aromatic N) is 5. The van der Waals surface area contributed by atoms with E-state index in [0.29, 0.717) is 37.7 Å². The van der Waals surface area contributed by atoms with Crippen molar-refractivity contribution in [3.63, 3.8) is 0 Å². The van der Waals surface area contributed by atoms with Crippen LogP contribution in [-0.4, -0.2) is 56.4 Å². The maximum Gasteiger partial charge on any atom is 0.253 e. The van der Waals surface area contributed by atoms with E-state index in [0.717, 1.165) is 28.5 Å². The van der Waals surface area contributed by atoms with Crippen molar-refractivity contribution >= 4 is 10.9 Å². The molecule has 1 saturated heterocycles. The summed E-state index contributed by atoms with van der Waals surface area (Å²) in [5.74, 6) is 0.692. The van der Waals surface area contributed by atoms with Crippen LogP contribution in [0.5, 0.6) is 0 Å². The quantitative estimate of drug-likeness (QED) is 0.696. The summed E-state index contributed by atoms with van der Waals surface area (Å²) in [7, 11) is 0. The molecule has 1 N–H and O–H groups in total. The first-order valence-electron chi connectivity index (χ1n) is 10.6. The highest BCUT2D eigenvalue weighted by Crippen LogP contribution is 2.31. The lowest BCUT2D eigenvalue weighted by Crippen LogP contribution is -2.43. The van der Waals surface area contributed by atoms with Crippen molar-refractivity contribution in [2.24, 2.45) is 0 Å². The van der Waals surface area contributed by atoms with Gasteiger partial charge < -0.3 is 9.72 Å². The van der Waals surface area contributed by atoms with Crippen LogP contribution >= 0.6 is 0 Å². The third-order valence-electron chi connectivity index (χ3n) is 6.46. The summed E-state index contributed by atoms with van der Waals surface area (Å²) in [6.07, 6.45) is 0.868. The first kappa shape index (κ1) is 20.7. The first-order valence-corrected chi connectivity index (χ1v) is 10.6. The van der Waals surface area contributed by atoms with Gasteiger partial charge in [0.15, 0.2) is 5.82 Å². The Morgan fingerprint density at radius 3 is 2.67 bits per heavy atom. The number of morpholine rings is 1. The molecule has 0 bridgehead atoms. The van der Waals surface area contributed by atoms with E-state index in [1.807, 2.05) is 17.7 Å². The number of tetrazole rings is 1. The fourth-order valence-corrected chi connectivity index (χ4v) is 4.03. The third kappa shape index (κ3) is 3.54. The van der Waals surface area contributed by atoms with Gasteiger partial charge in [-0.25, -0.2) is 4.68 Å². The number of ether oxygens (including phenoxy) is 1. The lowest BCUT2D eigenvalue weighted by molar-refractivity contribution is 0.0204. The molecule has 0 spiro atoms. The van der Waals surface area contributed by atoms with Crippen LogP contribution in [0.25, 0.3) is 10.9 Å². The van der Waals surface area contributed by atoms with E-state index in [2.05, 4.69) is 65.2 Å². The molecule has 30 heavy (non-hydrogen) atoms. The number of aromatic nitrogens is 5. The summed E-state index contributed by atoms with van der Waals surface area (Å²) in [5.41, 5.74) is 3.44.